The fourth-order valence-corrected chi connectivity index (χ4v) is 1.62. The van der Waals surface area contributed by atoms with Crippen LogP contribution in [0, 0.1) is 6.92 Å². The monoisotopic (exact) mass is 267 g/mol. The predicted octanol–water partition coefficient (Wildman–Crippen LogP) is 5.95. The van der Waals surface area contributed by atoms with Crippen molar-refractivity contribution in [2.24, 2.45) is 4.99 Å². The van der Waals surface area contributed by atoms with Crippen molar-refractivity contribution in [1.29, 1.82) is 0 Å². The number of hydrogen-bond acceptors (Lipinski definition) is 1. The molecule has 0 radical (unpaired) electrons. The van der Waals surface area contributed by atoms with Crippen LogP contribution >= 0.6 is 0 Å². The standard InChI is InChI=1S/C19H25N/c1-15(2)17(4)11-7-6-10-16(3)14-20-19-13-9-8-12-18(19)5/h6-9,12-14H,3,10-11H2,1-2,4-5H3/b7-6-,20-14?. The molecule has 0 heterocycles. The number of benzene rings is 1. The lowest BCUT2D eigenvalue weighted by molar-refractivity contribution is 1.12. The van der Waals surface area contributed by atoms with E-state index in [1.165, 1.54) is 16.7 Å². The Morgan fingerprint density at radius 3 is 2.40 bits per heavy atom. The summed E-state index contributed by atoms with van der Waals surface area (Å²) in [6.07, 6.45) is 8.10. The van der Waals surface area contributed by atoms with Crippen LogP contribution in [0.2, 0.25) is 0 Å². The molecule has 0 spiro atoms. The Hall–Kier alpha value is -1.89. The predicted molar refractivity (Wildman–Crippen MR) is 90.9 cm³/mol. The summed E-state index contributed by atoms with van der Waals surface area (Å²) in [7, 11) is 0. The molecular formula is C19H25N. The highest BCUT2D eigenvalue weighted by Crippen LogP contribution is 2.17. The van der Waals surface area contributed by atoms with Crippen LogP contribution in [0.3, 0.4) is 0 Å². The maximum Gasteiger partial charge on any atom is 0.0658 e. The van der Waals surface area contributed by atoms with Crippen molar-refractivity contribution in [2.45, 2.75) is 40.5 Å². The van der Waals surface area contributed by atoms with Crippen molar-refractivity contribution in [3.63, 3.8) is 0 Å². The maximum atomic E-state index is 4.48. The average molecular weight is 267 g/mol. The van der Waals surface area contributed by atoms with Crippen LogP contribution in [0.25, 0.3) is 0 Å². The largest absolute Gasteiger partial charge is 0.256 e. The lowest BCUT2D eigenvalue weighted by Gasteiger charge is -2.00. The fourth-order valence-electron chi connectivity index (χ4n) is 1.62. The molecule has 20 heavy (non-hydrogen) atoms. The van der Waals surface area contributed by atoms with Gasteiger partial charge in [0.05, 0.1) is 5.69 Å². The lowest BCUT2D eigenvalue weighted by Crippen LogP contribution is -1.82. The third kappa shape index (κ3) is 5.83. The van der Waals surface area contributed by atoms with E-state index in [2.05, 4.69) is 57.5 Å². The average Bonchev–Trinajstić information content (AvgIpc) is 2.42. The molecule has 1 aromatic carbocycles. The van der Waals surface area contributed by atoms with Crippen LogP contribution in [0.4, 0.5) is 5.69 Å². The van der Waals surface area contributed by atoms with Crippen LogP contribution in [0.1, 0.15) is 39.2 Å². The van der Waals surface area contributed by atoms with Gasteiger partial charge in [-0.05, 0) is 57.7 Å². The van der Waals surface area contributed by atoms with Gasteiger partial charge in [-0.2, -0.15) is 0 Å². The summed E-state index contributed by atoms with van der Waals surface area (Å²) in [5.41, 5.74) is 6.05. The third-order valence-corrected chi connectivity index (χ3v) is 3.33. The topological polar surface area (TPSA) is 12.4 Å². The van der Waals surface area contributed by atoms with Gasteiger partial charge in [-0.15, -0.1) is 0 Å². The molecule has 0 fully saturated rings. The summed E-state index contributed by atoms with van der Waals surface area (Å²) >= 11 is 0. The molecule has 0 atom stereocenters. The molecule has 0 amide bonds. The second-order valence-electron chi connectivity index (χ2n) is 5.36. The Kier molecular flexibility index (Phi) is 6.72. The van der Waals surface area contributed by atoms with Crippen LogP contribution in [0.15, 0.2) is 64.7 Å². The van der Waals surface area contributed by atoms with E-state index in [0.29, 0.717) is 0 Å². The van der Waals surface area contributed by atoms with Crippen molar-refractivity contribution in [1.82, 2.24) is 0 Å². The number of nitrogens with zero attached hydrogens (tertiary/aromatic N) is 1. The Morgan fingerprint density at radius 1 is 1.10 bits per heavy atom. The first-order chi connectivity index (χ1) is 9.50. The number of allylic oxidation sites excluding steroid dienone is 5. The van der Waals surface area contributed by atoms with Gasteiger partial charge in [0.2, 0.25) is 0 Å². The van der Waals surface area contributed by atoms with Crippen LogP contribution in [-0.2, 0) is 0 Å². The molecular weight excluding hydrogens is 242 g/mol. The van der Waals surface area contributed by atoms with Gasteiger partial charge in [-0.1, -0.05) is 48.1 Å². The van der Waals surface area contributed by atoms with Gasteiger partial charge >= 0.3 is 0 Å². The zero-order chi connectivity index (χ0) is 15.0. The van der Waals surface area contributed by atoms with E-state index in [-0.39, 0.29) is 0 Å². The van der Waals surface area contributed by atoms with Gasteiger partial charge < -0.3 is 0 Å². The molecule has 1 aromatic rings. The summed E-state index contributed by atoms with van der Waals surface area (Å²) in [6, 6.07) is 8.12. The van der Waals surface area contributed by atoms with E-state index in [1.54, 1.807) is 0 Å². The van der Waals surface area contributed by atoms with Gasteiger partial charge in [0.15, 0.2) is 0 Å². The third-order valence-electron chi connectivity index (χ3n) is 3.33. The van der Waals surface area contributed by atoms with E-state index in [4.69, 9.17) is 0 Å². The second kappa shape index (κ2) is 8.31. The highest BCUT2D eigenvalue weighted by Gasteiger charge is 1.93. The van der Waals surface area contributed by atoms with Crippen molar-refractivity contribution in [3.8, 4) is 0 Å². The first-order valence-electron chi connectivity index (χ1n) is 7.06. The number of aliphatic imine (C=N–C) groups is 1. The zero-order valence-electron chi connectivity index (χ0n) is 13.1. The molecule has 1 heteroatoms. The Bertz CT molecular complexity index is 541. The van der Waals surface area contributed by atoms with Crippen molar-refractivity contribution >= 4 is 11.9 Å². The lowest BCUT2D eigenvalue weighted by atomic mass is 10.1. The zero-order valence-corrected chi connectivity index (χ0v) is 13.1. The van der Waals surface area contributed by atoms with Gasteiger partial charge in [0.1, 0.15) is 0 Å². The first kappa shape index (κ1) is 16.2. The molecule has 0 aliphatic heterocycles. The van der Waals surface area contributed by atoms with Crippen LogP contribution in [-0.4, -0.2) is 6.21 Å². The number of para-hydroxylation sites is 1. The smallest absolute Gasteiger partial charge is 0.0658 e. The Labute approximate surface area is 123 Å². The van der Waals surface area contributed by atoms with E-state index in [0.717, 1.165) is 24.1 Å². The van der Waals surface area contributed by atoms with E-state index >= 15 is 0 Å². The fraction of sp³-hybridized carbons (Fsp3) is 0.316. The number of hydrogen-bond donors (Lipinski definition) is 0. The molecule has 0 aliphatic rings. The molecule has 106 valence electrons. The second-order valence-corrected chi connectivity index (χ2v) is 5.36. The molecule has 1 rings (SSSR count). The molecule has 0 aromatic heterocycles. The molecule has 0 saturated heterocycles. The Balaban J connectivity index is 2.47. The minimum absolute atomic E-state index is 0.853. The van der Waals surface area contributed by atoms with Crippen molar-refractivity contribution in [3.05, 3.63) is 65.3 Å². The van der Waals surface area contributed by atoms with Crippen LogP contribution < -0.4 is 0 Å². The minimum Gasteiger partial charge on any atom is -0.256 e. The van der Waals surface area contributed by atoms with Gasteiger partial charge in [0.25, 0.3) is 0 Å². The molecule has 0 N–H and O–H groups in total. The molecule has 0 aliphatic carbocycles. The summed E-state index contributed by atoms with van der Waals surface area (Å²) in [5, 5.41) is 0. The van der Waals surface area contributed by atoms with Crippen molar-refractivity contribution in [2.75, 3.05) is 0 Å². The minimum atomic E-state index is 0.853. The van der Waals surface area contributed by atoms with E-state index < -0.39 is 0 Å². The van der Waals surface area contributed by atoms with Gasteiger partial charge in [-0.3, -0.25) is 4.99 Å². The van der Waals surface area contributed by atoms with E-state index in [9.17, 15) is 0 Å². The summed E-state index contributed by atoms with van der Waals surface area (Å²) in [4.78, 5) is 4.48. The quantitative estimate of drug-likeness (QED) is 0.446. The van der Waals surface area contributed by atoms with E-state index in [1.807, 2.05) is 24.4 Å². The Morgan fingerprint density at radius 2 is 1.75 bits per heavy atom. The van der Waals surface area contributed by atoms with Gasteiger partial charge in [-0.25, -0.2) is 0 Å². The number of aryl methyl sites for hydroxylation is 1. The molecule has 0 unspecified atom stereocenters. The van der Waals surface area contributed by atoms with Gasteiger partial charge in [0, 0.05) is 6.21 Å². The molecule has 0 saturated carbocycles. The molecule has 0 bridgehead atoms. The maximum absolute atomic E-state index is 4.48. The normalized spacial score (nSPS) is 11.2. The first-order valence-corrected chi connectivity index (χ1v) is 7.06. The molecule has 1 nitrogen and oxygen atoms in total. The number of rotatable bonds is 6. The SMILES string of the molecule is C=C(C=Nc1ccccc1C)C/C=C\CC(C)=C(C)C. The summed E-state index contributed by atoms with van der Waals surface area (Å²) in [5.74, 6) is 0. The highest BCUT2D eigenvalue weighted by atomic mass is 14.7. The van der Waals surface area contributed by atoms with Crippen LogP contribution in [0.5, 0.6) is 0 Å². The summed E-state index contributed by atoms with van der Waals surface area (Å²) in [6.45, 7) is 12.6. The highest BCUT2D eigenvalue weighted by molar-refractivity contribution is 5.80. The summed E-state index contributed by atoms with van der Waals surface area (Å²) < 4.78 is 0. The van der Waals surface area contributed by atoms with Crippen molar-refractivity contribution < 1.29 is 0 Å².